The monoisotopic (exact) mass is 549 g/mol. The van der Waals surface area contributed by atoms with Crippen molar-refractivity contribution in [3.8, 4) is 40.3 Å². The summed E-state index contributed by atoms with van der Waals surface area (Å²) in [6, 6.07) is 38.7. The van der Waals surface area contributed by atoms with Crippen LogP contribution in [0.5, 0.6) is 5.75 Å². The summed E-state index contributed by atoms with van der Waals surface area (Å²) >= 11 is 6.84. The van der Waals surface area contributed by atoms with Gasteiger partial charge in [0.25, 0.3) is 0 Å². The van der Waals surface area contributed by atoms with Crippen molar-refractivity contribution in [2.24, 2.45) is 0 Å². The standard InChI is InChI=1S/C38H28ClNO/c1-2-3-4-5-13-25-38(31-19-11-12-22-36(31)41)30-18-10-9-17-29(30)37-32(38)20-14-21-35(37)40-34-24-23-28(26-33(34)39)27-15-7-6-8-16-27/h1,3-24,26,40-41H,25H2/b4-3-,13-5-. The molecule has 5 aromatic carbocycles. The first kappa shape index (κ1) is 26.3. The average Bonchev–Trinajstić information content (AvgIpc) is 3.30. The van der Waals surface area contributed by atoms with Gasteiger partial charge >= 0.3 is 0 Å². The van der Waals surface area contributed by atoms with Crippen molar-refractivity contribution < 1.29 is 5.11 Å². The maximum absolute atomic E-state index is 11.2. The smallest absolute Gasteiger partial charge is 0.120 e. The Bertz CT molecular complexity index is 1830. The third-order valence-corrected chi connectivity index (χ3v) is 8.07. The lowest BCUT2D eigenvalue weighted by Gasteiger charge is -2.32. The molecule has 6 rings (SSSR count). The molecule has 0 spiro atoms. The number of terminal acetylenes is 1. The van der Waals surface area contributed by atoms with E-state index in [-0.39, 0.29) is 5.75 Å². The average molecular weight is 550 g/mol. The molecule has 198 valence electrons. The first-order valence-corrected chi connectivity index (χ1v) is 13.9. The molecule has 41 heavy (non-hydrogen) atoms. The fraction of sp³-hybridized carbons (Fsp3) is 0.0526. The van der Waals surface area contributed by atoms with Crippen molar-refractivity contribution in [1.82, 2.24) is 0 Å². The molecule has 1 aliphatic carbocycles. The quantitative estimate of drug-likeness (QED) is 0.156. The summed E-state index contributed by atoms with van der Waals surface area (Å²) in [6.45, 7) is 0. The van der Waals surface area contributed by atoms with Crippen LogP contribution in [-0.4, -0.2) is 5.11 Å². The van der Waals surface area contributed by atoms with Gasteiger partial charge in [0.15, 0.2) is 0 Å². The minimum absolute atomic E-state index is 0.264. The molecule has 0 bridgehead atoms. The van der Waals surface area contributed by atoms with Crippen LogP contribution < -0.4 is 5.32 Å². The number of halogens is 1. The van der Waals surface area contributed by atoms with Crippen LogP contribution in [0.25, 0.3) is 22.3 Å². The second-order valence-electron chi connectivity index (χ2n) is 10.0. The second-order valence-corrected chi connectivity index (χ2v) is 10.4. The van der Waals surface area contributed by atoms with Crippen LogP contribution in [0.4, 0.5) is 11.4 Å². The Kier molecular flexibility index (Phi) is 7.21. The molecule has 0 radical (unpaired) electrons. The summed E-state index contributed by atoms with van der Waals surface area (Å²) in [7, 11) is 0. The van der Waals surface area contributed by atoms with Crippen LogP contribution in [0, 0.1) is 12.3 Å². The predicted molar refractivity (Wildman–Crippen MR) is 172 cm³/mol. The molecule has 2 N–H and O–H groups in total. The van der Waals surface area contributed by atoms with Gasteiger partial charge in [0, 0.05) is 16.8 Å². The largest absolute Gasteiger partial charge is 0.508 e. The SMILES string of the molecule is C#C/C=C\C=C/CC1(c2ccccc2O)c2ccccc2-c2c(Nc3ccc(-c4ccccc4)cc3Cl)cccc21. The number of anilines is 2. The lowest BCUT2D eigenvalue weighted by atomic mass is 9.69. The van der Waals surface area contributed by atoms with E-state index in [2.05, 4.69) is 78.0 Å². The summed E-state index contributed by atoms with van der Waals surface area (Å²) < 4.78 is 0. The Labute approximate surface area is 246 Å². The Balaban J connectivity index is 1.50. The summed E-state index contributed by atoms with van der Waals surface area (Å²) in [6.07, 6.45) is 13.7. The molecular formula is C38H28ClNO. The van der Waals surface area contributed by atoms with E-state index in [1.807, 2.05) is 60.7 Å². The first-order chi connectivity index (χ1) is 20.1. The van der Waals surface area contributed by atoms with E-state index >= 15 is 0 Å². The Morgan fingerprint density at radius 2 is 1.46 bits per heavy atom. The van der Waals surface area contributed by atoms with E-state index in [4.69, 9.17) is 18.0 Å². The zero-order chi connectivity index (χ0) is 28.2. The molecule has 0 amide bonds. The third-order valence-electron chi connectivity index (χ3n) is 7.75. The molecule has 5 aromatic rings. The molecule has 0 saturated carbocycles. The number of phenols is 1. The molecule has 0 aromatic heterocycles. The van der Waals surface area contributed by atoms with E-state index < -0.39 is 5.41 Å². The zero-order valence-electron chi connectivity index (χ0n) is 22.4. The van der Waals surface area contributed by atoms with Crippen molar-refractivity contribution in [3.05, 3.63) is 161 Å². The van der Waals surface area contributed by atoms with Crippen molar-refractivity contribution in [2.45, 2.75) is 11.8 Å². The van der Waals surface area contributed by atoms with Crippen LogP contribution >= 0.6 is 11.6 Å². The number of benzene rings is 5. The molecule has 0 fully saturated rings. The zero-order valence-corrected chi connectivity index (χ0v) is 23.1. The summed E-state index contributed by atoms with van der Waals surface area (Å²) in [5, 5.41) is 15.5. The van der Waals surface area contributed by atoms with Gasteiger partial charge in [-0.1, -0.05) is 127 Å². The summed E-state index contributed by atoms with van der Waals surface area (Å²) in [5.41, 5.74) is 8.71. The normalized spacial score (nSPS) is 15.5. The highest BCUT2D eigenvalue weighted by molar-refractivity contribution is 6.33. The molecule has 2 nitrogen and oxygen atoms in total. The second kappa shape index (κ2) is 11.3. The van der Waals surface area contributed by atoms with Gasteiger partial charge in [-0.3, -0.25) is 0 Å². The molecule has 0 aliphatic heterocycles. The van der Waals surface area contributed by atoms with Crippen molar-refractivity contribution in [3.63, 3.8) is 0 Å². The van der Waals surface area contributed by atoms with Crippen LogP contribution in [0.2, 0.25) is 5.02 Å². The lowest BCUT2D eigenvalue weighted by Crippen LogP contribution is -2.26. The maximum Gasteiger partial charge on any atom is 0.120 e. The van der Waals surface area contributed by atoms with E-state index in [1.165, 1.54) is 0 Å². The number of rotatable bonds is 7. The third kappa shape index (κ3) is 4.72. The topological polar surface area (TPSA) is 32.3 Å². The van der Waals surface area contributed by atoms with Gasteiger partial charge in [-0.25, -0.2) is 0 Å². The van der Waals surface area contributed by atoms with E-state index in [0.717, 1.165) is 50.3 Å². The number of aromatic hydroxyl groups is 1. The van der Waals surface area contributed by atoms with Gasteiger partial charge in [0.05, 0.1) is 16.1 Å². The summed E-state index contributed by atoms with van der Waals surface area (Å²) in [4.78, 5) is 0. The van der Waals surface area contributed by atoms with Crippen LogP contribution in [0.15, 0.2) is 140 Å². The fourth-order valence-corrected chi connectivity index (χ4v) is 6.21. The Morgan fingerprint density at radius 3 is 2.24 bits per heavy atom. The van der Waals surface area contributed by atoms with Crippen molar-refractivity contribution >= 4 is 23.0 Å². The molecule has 0 heterocycles. The lowest BCUT2D eigenvalue weighted by molar-refractivity contribution is 0.454. The van der Waals surface area contributed by atoms with Crippen LogP contribution in [0.3, 0.4) is 0 Å². The number of allylic oxidation sites excluding steroid dienone is 4. The molecule has 3 heteroatoms. The van der Waals surface area contributed by atoms with Gasteiger partial charge in [-0.2, -0.15) is 0 Å². The predicted octanol–water partition coefficient (Wildman–Crippen LogP) is 9.91. The number of nitrogens with one attached hydrogen (secondary N) is 1. The highest BCUT2D eigenvalue weighted by atomic mass is 35.5. The van der Waals surface area contributed by atoms with Gasteiger partial charge in [0.2, 0.25) is 0 Å². The molecule has 1 atom stereocenters. The van der Waals surface area contributed by atoms with Gasteiger partial charge in [0.1, 0.15) is 5.75 Å². The summed E-state index contributed by atoms with van der Waals surface area (Å²) in [5.74, 6) is 2.80. The fourth-order valence-electron chi connectivity index (χ4n) is 5.98. The van der Waals surface area contributed by atoms with Crippen LogP contribution in [0.1, 0.15) is 23.1 Å². The Hall–Kier alpha value is -4.97. The van der Waals surface area contributed by atoms with E-state index in [9.17, 15) is 5.11 Å². The number of phenolic OH excluding ortho intramolecular Hbond substituents is 1. The minimum atomic E-state index is -0.601. The van der Waals surface area contributed by atoms with Gasteiger partial charge in [-0.05, 0) is 64.6 Å². The molecular weight excluding hydrogens is 522 g/mol. The highest BCUT2D eigenvalue weighted by Crippen LogP contribution is 2.58. The van der Waals surface area contributed by atoms with Crippen molar-refractivity contribution in [1.29, 1.82) is 0 Å². The number of hydrogen-bond acceptors (Lipinski definition) is 2. The minimum Gasteiger partial charge on any atom is -0.508 e. The number of hydrogen-bond donors (Lipinski definition) is 2. The molecule has 0 saturated heterocycles. The molecule has 1 aliphatic rings. The maximum atomic E-state index is 11.2. The number of fused-ring (bicyclic) bond motifs is 3. The number of para-hydroxylation sites is 1. The van der Waals surface area contributed by atoms with Crippen molar-refractivity contribution in [2.75, 3.05) is 5.32 Å². The molecule has 1 unspecified atom stereocenters. The highest BCUT2D eigenvalue weighted by Gasteiger charge is 2.46. The van der Waals surface area contributed by atoms with Crippen LogP contribution in [-0.2, 0) is 5.41 Å². The van der Waals surface area contributed by atoms with Gasteiger partial charge < -0.3 is 10.4 Å². The Morgan fingerprint density at radius 1 is 0.732 bits per heavy atom. The first-order valence-electron chi connectivity index (χ1n) is 13.5. The van der Waals surface area contributed by atoms with Gasteiger partial charge in [-0.15, -0.1) is 6.42 Å². The van der Waals surface area contributed by atoms with E-state index in [0.29, 0.717) is 11.4 Å². The van der Waals surface area contributed by atoms with E-state index in [1.54, 1.807) is 12.1 Å².